The van der Waals surface area contributed by atoms with Crippen LogP contribution in [-0.4, -0.2) is 11.7 Å². The summed E-state index contributed by atoms with van der Waals surface area (Å²) in [7, 11) is 0. The van der Waals surface area contributed by atoms with Crippen LogP contribution >= 0.6 is 39.1 Å². The maximum absolute atomic E-state index is 11.7. The number of benzene rings is 1. The van der Waals surface area contributed by atoms with Crippen LogP contribution < -0.4 is 0 Å². The standard InChI is InChI=1S/C11H11BrCl2O/c12-8-4-5-9(10(14)7-8)11(15)3-1-2-6-13/h4-5,7H,1-3,6H2. The van der Waals surface area contributed by atoms with Crippen LogP contribution in [0.5, 0.6) is 0 Å². The van der Waals surface area contributed by atoms with E-state index < -0.39 is 0 Å². The van der Waals surface area contributed by atoms with Gasteiger partial charge in [0.05, 0.1) is 5.02 Å². The van der Waals surface area contributed by atoms with Crippen molar-refractivity contribution in [3.8, 4) is 0 Å². The van der Waals surface area contributed by atoms with E-state index in [-0.39, 0.29) is 5.78 Å². The third kappa shape index (κ3) is 4.13. The monoisotopic (exact) mass is 308 g/mol. The normalized spacial score (nSPS) is 10.3. The quantitative estimate of drug-likeness (QED) is 0.438. The van der Waals surface area contributed by atoms with Crippen molar-refractivity contribution < 1.29 is 4.79 Å². The predicted octanol–water partition coefficient (Wildman–Crippen LogP) is 4.69. The van der Waals surface area contributed by atoms with E-state index in [1.54, 1.807) is 12.1 Å². The zero-order chi connectivity index (χ0) is 11.3. The van der Waals surface area contributed by atoms with Gasteiger partial charge in [-0.05, 0) is 31.0 Å². The second-order valence-corrected chi connectivity index (χ2v) is 4.89. The van der Waals surface area contributed by atoms with Crippen LogP contribution in [0, 0.1) is 0 Å². The minimum absolute atomic E-state index is 0.0811. The summed E-state index contributed by atoms with van der Waals surface area (Å²) < 4.78 is 0.879. The molecule has 0 unspecified atom stereocenters. The minimum atomic E-state index is 0.0811. The Balaban J connectivity index is 2.65. The lowest BCUT2D eigenvalue weighted by Crippen LogP contribution is -2.00. The smallest absolute Gasteiger partial charge is 0.164 e. The van der Waals surface area contributed by atoms with Crippen molar-refractivity contribution in [3.63, 3.8) is 0 Å². The van der Waals surface area contributed by atoms with E-state index in [2.05, 4.69) is 15.9 Å². The summed E-state index contributed by atoms with van der Waals surface area (Å²) in [6.07, 6.45) is 2.18. The van der Waals surface area contributed by atoms with Gasteiger partial charge in [-0.1, -0.05) is 27.5 Å². The Morgan fingerprint density at radius 2 is 2.07 bits per heavy atom. The van der Waals surface area contributed by atoms with Crippen molar-refractivity contribution in [1.82, 2.24) is 0 Å². The van der Waals surface area contributed by atoms with Crippen molar-refractivity contribution in [2.75, 3.05) is 5.88 Å². The Hall–Kier alpha value is -0.0500. The van der Waals surface area contributed by atoms with Crippen LogP contribution in [-0.2, 0) is 0 Å². The number of carbonyl (C=O) groups is 1. The Bertz CT molecular complexity index is 352. The molecule has 4 heteroatoms. The van der Waals surface area contributed by atoms with E-state index in [4.69, 9.17) is 23.2 Å². The molecule has 1 aromatic rings. The summed E-state index contributed by atoms with van der Waals surface area (Å²) in [4.78, 5) is 11.7. The molecule has 0 aromatic heterocycles. The fourth-order valence-electron chi connectivity index (χ4n) is 1.23. The highest BCUT2D eigenvalue weighted by atomic mass is 79.9. The first-order valence-corrected chi connectivity index (χ1v) is 6.40. The van der Waals surface area contributed by atoms with E-state index in [0.29, 0.717) is 22.9 Å². The molecule has 1 rings (SSSR count). The van der Waals surface area contributed by atoms with E-state index in [1.807, 2.05) is 6.07 Å². The number of Topliss-reactive ketones (excluding diaryl/α,β-unsaturated/α-hetero) is 1. The van der Waals surface area contributed by atoms with E-state index in [1.165, 1.54) is 0 Å². The molecule has 1 nitrogen and oxygen atoms in total. The first-order valence-electron chi connectivity index (χ1n) is 4.69. The van der Waals surface area contributed by atoms with Crippen molar-refractivity contribution >= 4 is 44.9 Å². The Morgan fingerprint density at radius 3 is 2.67 bits per heavy atom. The van der Waals surface area contributed by atoms with Gasteiger partial charge in [0.2, 0.25) is 0 Å². The second kappa shape index (κ2) is 6.51. The third-order valence-electron chi connectivity index (χ3n) is 2.02. The number of alkyl halides is 1. The van der Waals surface area contributed by atoms with Crippen LogP contribution in [0.15, 0.2) is 22.7 Å². The molecule has 0 amide bonds. The van der Waals surface area contributed by atoms with Gasteiger partial charge < -0.3 is 0 Å². The molecule has 82 valence electrons. The predicted molar refractivity (Wildman–Crippen MR) is 68.1 cm³/mol. The minimum Gasteiger partial charge on any atom is -0.294 e. The molecular weight excluding hydrogens is 299 g/mol. The zero-order valence-electron chi connectivity index (χ0n) is 8.10. The lowest BCUT2D eigenvalue weighted by Gasteiger charge is -2.03. The van der Waals surface area contributed by atoms with Gasteiger partial charge in [0.1, 0.15) is 0 Å². The molecule has 0 saturated heterocycles. The maximum Gasteiger partial charge on any atom is 0.164 e. The number of hydrogen-bond donors (Lipinski definition) is 0. The van der Waals surface area contributed by atoms with Crippen molar-refractivity contribution in [1.29, 1.82) is 0 Å². The van der Waals surface area contributed by atoms with Crippen LogP contribution in [0.2, 0.25) is 5.02 Å². The molecule has 0 N–H and O–H groups in total. The van der Waals surface area contributed by atoms with Crippen molar-refractivity contribution in [3.05, 3.63) is 33.3 Å². The van der Waals surface area contributed by atoms with Gasteiger partial charge >= 0.3 is 0 Å². The molecule has 0 spiro atoms. The molecule has 0 aliphatic carbocycles. The average molecular weight is 310 g/mol. The van der Waals surface area contributed by atoms with Crippen LogP contribution in [0.4, 0.5) is 0 Å². The first kappa shape index (κ1) is 13.0. The summed E-state index contributed by atoms with van der Waals surface area (Å²) in [6.45, 7) is 0. The summed E-state index contributed by atoms with van der Waals surface area (Å²) in [5.41, 5.74) is 0.592. The van der Waals surface area contributed by atoms with Gasteiger partial charge in [-0.25, -0.2) is 0 Å². The number of ketones is 1. The number of halogens is 3. The summed E-state index contributed by atoms with van der Waals surface area (Å²) in [5, 5.41) is 0.500. The highest BCUT2D eigenvalue weighted by molar-refractivity contribution is 9.10. The summed E-state index contributed by atoms with van der Waals surface area (Å²) in [6, 6.07) is 5.30. The number of unbranched alkanes of at least 4 members (excludes halogenated alkanes) is 1. The van der Waals surface area contributed by atoms with E-state index in [0.717, 1.165) is 17.3 Å². The van der Waals surface area contributed by atoms with Gasteiger partial charge in [-0.2, -0.15) is 0 Å². The lowest BCUT2D eigenvalue weighted by atomic mass is 10.1. The Labute approximate surface area is 108 Å². The highest BCUT2D eigenvalue weighted by Gasteiger charge is 2.09. The van der Waals surface area contributed by atoms with Crippen molar-refractivity contribution in [2.24, 2.45) is 0 Å². The molecule has 0 aliphatic rings. The fraction of sp³-hybridized carbons (Fsp3) is 0.364. The van der Waals surface area contributed by atoms with E-state index in [9.17, 15) is 4.79 Å². The molecule has 0 heterocycles. The molecule has 1 aromatic carbocycles. The second-order valence-electron chi connectivity index (χ2n) is 3.19. The molecule has 0 atom stereocenters. The van der Waals surface area contributed by atoms with Gasteiger partial charge in [0.15, 0.2) is 5.78 Å². The van der Waals surface area contributed by atoms with Gasteiger partial charge in [-0.3, -0.25) is 4.79 Å². The third-order valence-corrected chi connectivity index (χ3v) is 3.09. The number of carbonyl (C=O) groups excluding carboxylic acids is 1. The SMILES string of the molecule is O=C(CCCCCl)c1ccc(Br)cc1Cl. The Morgan fingerprint density at radius 1 is 1.33 bits per heavy atom. The van der Waals surface area contributed by atoms with Crippen molar-refractivity contribution in [2.45, 2.75) is 19.3 Å². The zero-order valence-corrected chi connectivity index (χ0v) is 11.2. The van der Waals surface area contributed by atoms with Gasteiger partial charge in [-0.15, -0.1) is 11.6 Å². The number of hydrogen-bond acceptors (Lipinski definition) is 1. The Kier molecular flexibility index (Phi) is 5.65. The van der Waals surface area contributed by atoms with Gasteiger partial charge in [0.25, 0.3) is 0 Å². The molecule has 0 bridgehead atoms. The molecular formula is C11H11BrCl2O. The molecule has 0 aliphatic heterocycles. The van der Waals surface area contributed by atoms with Crippen LogP contribution in [0.3, 0.4) is 0 Å². The molecule has 15 heavy (non-hydrogen) atoms. The fourth-order valence-corrected chi connectivity index (χ4v) is 2.20. The van der Waals surface area contributed by atoms with E-state index >= 15 is 0 Å². The first-order chi connectivity index (χ1) is 7.15. The summed E-state index contributed by atoms with van der Waals surface area (Å²) in [5.74, 6) is 0.680. The summed E-state index contributed by atoms with van der Waals surface area (Å²) >= 11 is 14.8. The topological polar surface area (TPSA) is 17.1 Å². The van der Waals surface area contributed by atoms with Crippen LogP contribution in [0.25, 0.3) is 0 Å². The number of rotatable bonds is 5. The molecule has 0 fully saturated rings. The van der Waals surface area contributed by atoms with Crippen LogP contribution in [0.1, 0.15) is 29.6 Å². The largest absolute Gasteiger partial charge is 0.294 e. The average Bonchev–Trinajstić information content (AvgIpc) is 2.17. The lowest BCUT2D eigenvalue weighted by molar-refractivity contribution is 0.0980. The molecule has 0 saturated carbocycles. The maximum atomic E-state index is 11.7. The molecule has 0 radical (unpaired) electrons. The van der Waals surface area contributed by atoms with Gasteiger partial charge in [0, 0.05) is 22.3 Å². The highest BCUT2D eigenvalue weighted by Crippen LogP contribution is 2.23.